The summed E-state index contributed by atoms with van der Waals surface area (Å²) in [6.45, 7) is 3.78. The molecule has 0 aromatic heterocycles. The van der Waals surface area contributed by atoms with Crippen molar-refractivity contribution in [3.05, 3.63) is 37.0 Å². The fraction of sp³-hybridized carbons (Fsp3) is 0.600. The lowest BCUT2D eigenvalue weighted by Gasteiger charge is -2.21. The van der Waals surface area contributed by atoms with Crippen LogP contribution in [0.15, 0.2) is 37.0 Å². The number of fused-ring (bicyclic) bond motifs is 1. The van der Waals surface area contributed by atoms with Crippen LogP contribution in [0.3, 0.4) is 0 Å². The van der Waals surface area contributed by atoms with Crippen LogP contribution in [0, 0.1) is 17.8 Å². The Kier molecular flexibility index (Phi) is 3.82. The third-order valence-corrected chi connectivity index (χ3v) is 3.95. The molecule has 0 aromatic carbocycles. The Morgan fingerprint density at radius 2 is 2.00 bits per heavy atom. The van der Waals surface area contributed by atoms with E-state index in [0.717, 1.165) is 17.8 Å². The smallest absolute Gasteiger partial charge is 0.0139 e. The minimum Gasteiger partial charge on any atom is -0.103 e. The van der Waals surface area contributed by atoms with E-state index < -0.39 is 0 Å². The van der Waals surface area contributed by atoms with Gasteiger partial charge in [0.15, 0.2) is 0 Å². The average molecular weight is 202 g/mol. The molecular weight excluding hydrogens is 180 g/mol. The van der Waals surface area contributed by atoms with Gasteiger partial charge < -0.3 is 0 Å². The second-order valence-electron chi connectivity index (χ2n) is 4.92. The largest absolute Gasteiger partial charge is 0.103 e. The second-order valence-corrected chi connectivity index (χ2v) is 4.92. The van der Waals surface area contributed by atoms with Gasteiger partial charge in [0.1, 0.15) is 0 Å². The molecule has 1 saturated carbocycles. The quantitative estimate of drug-likeness (QED) is 0.455. The lowest BCUT2D eigenvalue weighted by Crippen LogP contribution is -2.12. The summed E-state index contributed by atoms with van der Waals surface area (Å²) in [6, 6.07) is 0. The first-order valence-corrected chi connectivity index (χ1v) is 6.37. The number of hydrogen-bond acceptors (Lipinski definition) is 0. The van der Waals surface area contributed by atoms with Gasteiger partial charge in [0.2, 0.25) is 0 Å². The normalized spacial score (nSPS) is 32.9. The van der Waals surface area contributed by atoms with Crippen molar-refractivity contribution in [2.45, 2.75) is 38.5 Å². The van der Waals surface area contributed by atoms with Crippen LogP contribution in [-0.4, -0.2) is 0 Å². The van der Waals surface area contributed by atoms with Crippen molar-refractivity contribution in [1.29, 1.82) is 0 Å². The van der Waals surface area contributed by atoms with E-state index in [1.165, 1.54) is 38.5 Å². The predicted octanol–water partition coefficient (Wildman–Crippen LogP) is 4.50. The van der Waals surface area contributed by atoms with E-state index in [4.69, 9.17) is 0 Å². The van der Waals surface area contributed by atoms with Crippen LogP contribution in [0.1, 0.15) is 38.5 Å². The number of allylic oxidation sites excluding steroid dienone is 5. The summed E-state index contributed by atoms with van der Waals surface area (Å²) in [5, 5.41) is 0. The number of rotatable bonds is 5. The van der Waals surface area contributed by atoms with Gasteiger partial charge in [-0.15, -0.1) is 6.58 Å². The SMILES string of the molecule is C=CCCCCC1CCC2C=CC=CC21. The van der Waals surface area contributed by atoms with Crippen molar-refractivity contribution in [2.75, 3.05) is 0 Å². The maximum absolute atomic E-state index is 3.78. The van der Waals surface area contributed by atoms with Crippen molar-refractivity contribution in [3.63, 3.8) is 0 Å². The lowest BCUT2D eigenvalue weighted by molar-refractivity contribution is 0.381. The summed E-state index contributed by atoms with van der Waals surface area (Å²) in [4.78, 5) is 0. The molecule has 2 aliphatic rings. The summed E-state index contributed by atoms with van der Waals surface area (Å²) >= 11 is 0. The molecule has 3 unspecified atom stereocenters. The highest BCUT2D eigenvalue weighted by atomic mass is 14.4. The Hall–Kier alpha value is -0.780. The lowest BCUT2D eigenvalue weighted by atomic mass is 9.84. The van der Waals surface area contributed by atoms with E-state index in [9.17, 15) is 0 Å². The third-order valence-electron chi connectivity index (χ3n) is 3.95. The van der Waals surface area contributed by atoms with Crippen molar-refractivity contribution in [2.24, 2.45) is 17.8 Å². The fourth-order valence-electron chi connectivity index (χ4n) is 3.10. The van der Waals surface area contributed by atoms with Gasteiger partial charge in [0.05, 0.1) is 0 Å². The van der Waals surface area contributed by atoms with Crippen molar-refractivity contribution in [3.8, 4) is 0 Å². The predicted molar refractivity (Wildman–Crippen MR) is 66.6 cm³/mol. The van der Waals surface area contributed by atoms with E-state index >= 15 is 0 Å². The molecule has 2 rings (SSSR count). The summed E-state index contributed by atoms with van der Waals surface area (Å²) in [5.41, 5.74) is 0. The fourth-order valence-corrected chi connectivity index (χ4v) is 3.10. The molecular formula is C15H22. The molecule has 0 saturated heterocycles. The maximum atomic E-state index is 3.78. The zero-order valence-corrected chi connectivity index (χ0v) is 9.57. The molecule has 0 aliphatic heterocycles. The molecule has 0 heterocycles. The third kappa shape index (κ3) is 2.62. The first-order chi connectivity index (χ1) is 7.42. The van der Waals surface area contributed by atoms with Crippen LogP contribution in [0.4, 0.5) is 0 Å². The highest BCUT2D eigenvalue weighted by molar-refractivity contribution is 5.17. The molecule has 15 heavy (non-hydrogen) atoms. The average Bonchev–Trinajstić information content (AvgIpc) is 2.68. The molecule has 0 bridgehead atoms. The Morgan fingerprint density at radius 3 is 2.87 bits per heavy atom. The monoisotopic (exact) mass is 202 g/mol. The molecule has 0 nitrogen and oxygen atoms in total. The minimum absolute atomic E-state index is 0.860. The molecule has 3 atom stereocenters. The summed E-state index contributed by atoms with van der Waals surface area (Å²) in [6.07, 6.45) is 19.5. The van der Waals surface area contributed by atoms with E-state index in [1.54, 1.807) is 0 Å². The first kappa shape index (κ1) is 10.7. The van der Waals surface area contributed by atoms with Gasteiger partial charge in [-0.3, -0.25) is 0 Å². The first-order valence-electron chi connectivity index (χ1n) is 6.37. The van der Waals surface area contributed by atoms with Crippen molar-refractivity contribution >= 4 is 0 Å². The van der Waals surface area contributed by atoms with Crippen LogP contribution in [0.2, 0.25) is 0 Å². The van der Waals surface area contributed by atoms with Gasteiger partial charge in [0, 0.05) is 0 Å². The van der Waals surface area contributed by atoms with Crippen molar-refractivity contribution in [1.82, 2.24) is 0 Å². The Morgan fingerprint density at radius 1 is 1.13 bits per heavy atom. The van der Waals surface area contributed by atoms with Gasteiger partial charge in [-0.05, 0) is 49.9 Å². The zero-order chi connectivity index (χ0) is 10.5. The topological polar surface area (TPSA) is 0 Å². The molecule has 0 radical (unpaired) electrons. The molecule has 0 N–H and O–H groups in total. The van der Waals surface area contributed by atoms with Gasteiger partial charge in [-0.25, -0.2) is 0 Å². The van der Waals surface area contributed by atoms with E-state index in [0.29, 0.717) is 0 Å². The summed E-state index contributed by atoms with van der Waals surface area (Å²) < 4.78 is 0. The number of hydrogen-bond donors (Lipinski definition) is 0. The molecule has 0 aromatic rings. The summed E-state index contributed by atoms with van der Waals surface area (Å²) in [7, 11) is 0. The second kappa shape index (κ2) is 5.34. The number of unbranched alkanes of at least 4 members (excludes halogenated alkanes) is 2. The highest BCUT2D eigenvalue weighted by Crippen LogP contribution is 2.42. The van der Waals surface area contributed by atoms with Gasteiger partial charge in [-0.1, -0.05) is 36.8 Å². The van der Waals surface area contributed by atoms with Crippen LogP contribution >= 0.6 is 0 Å². The van der Waals surface area contributed by atoms with Crippen molar-refractivity contribution < 1.29 is 0 Å². The van der Waals surface area contributed by atoms with E-state index in [1.807, 2.05) is 6.08 Å². The molecule has 2 aliphatic carbocycles. The minimum atomic E-state index is 0.860. The molecule has 1 fully saturated rings. The van der Waals surface area contributed by atoms with Crippen LogP contribution in [0.25, 0.3) is 0 Å². The van der Waals surface area contributed by atoms with Gasteiger partial charge in [-0.2, -0.15) is 0 Å². The Bertz CT molecular complexity index is 259. The van der Waals surface area contributed by atoms with Gasteiger partial charge in [0.25, 0.3) is 0 Å². The molecule has 0 heteroatoms. The Labute approximate surface area is 93.8 Å². The molecule has 0 spiro atoms. The standard InChI is InChI=1S/C15H22/c1-2-3-4-5-8-13-11-12-14-9-6-7-10-15(13)14/h2,6-7,9-10,13-15H,1,3-5,8,11-12H2. The highest BCUT2D eigenvalue weighted by Gasteiger charge is 2.32. The Balaban J connectivity index is 1.76. The van der Waals surface area contributed by atoms with Crippen LogP contribution in [0.5, 0.6) is 0 Å². The summed E-state index contributed by atoms with van der Waals surface area (Å²) in [5.74, 6) is 2.68. The van der Waals surface area contributed by atoms with Crippen LogP contribution < -0.4 is 0 Å². The van der Waals surface area contributed by atoms with Gasteiger partial charge >= 0.3 is 0 Å². The molecule has 0 amide bonds. The van der Waals surface area contributed by atoms with E-state index in [2.05, 4.69) is 30.9 Å². The molecule has 82 valence electrons. The van der Waals surface area contributed by atoms with Crippen LogP contribution in [-0.2, 0) is 0 Å². The van der Waals surface area contributed by atoms with E-state index in [-0.39, 0.29) is 0 Å². The zero-order valence-electron chi connectivity index (χ0n) is 9.57. The maximum Gasteiger partial charge on any atom is -0.0139 e.